The van der Waals surface area contributed by atoms with Gasteiger partial charge in [0.1, 0.15) is 36.9 Å². The first-order valence-corrected chi connectivity index (χ1v) is 13.1. The number of carbonyl (C=O) groups excluding carboxylic acids is 1. The first kappa shape index (κ1) is 28.2. The van der Waals surface area contributed by atoms with Crippen molar-refractivity contribution in [3.8, 4) is 11.5 Å². The molecule has 2 heterocycles. The van der Waals surface area contributed by atoms with Crippen LogP contribution in [-0.4, -0.2) is 104 Å². The number of aliphatic hydroxyl groups is 1. The van der Waals surface area contributed by atoms with E-state index in [2.05, 4.69) is 9.80 Å². The van der Waals surface area contributed by atoms with E-state index in [4.69, 9.17) is 14.2 Å². The van der Waals surface area contributed by atoms with Crippen LogP contribution >= 0.6 is 0 Å². The number of halogens is 2. The van der Waals surface area contributed by atoms with E-state index in [1.165, 1.54) is 26.0 Å². The average Bonchev–Trinajstić information content (AvgIpc) is 3.36. The van der Waals surface area contributed by atoms with Gasteiger partial charge in [0, 0.05) is 45.9 Å². The van der Waals surface area contributed by atoms with Gasteiger partial charge in [-0.3, -0.25) is 14.6 Å². The van der Waals surface area contributed by atoms with Crippen molar-refractivity contribution in [1.29, 1.82) is 0 Å². The van der Waals surface area contributed by atoms with Crippen LogP contribution in [0.25, 0.3) is 0 Å². The average molecular weight is 534 g/mol. The molecule has 0 bridgehead atoms. The van der Waals surface area contributed by atoms with Crippen molar-refractivity contribution in [1.82, 2.24) is 14.7 Å². The number of amides is 1. The number of ether oxygens (including phenoxy) is 3. The van der Waals surface area contributed by atoms with Crippen LogP contribution in [0, 0.1) is 11.6 Å². The Kier molecular flexibility index (Phi) is 9.90. The number of nitrogens with zero attached hydrogens (tertiary/aromatic N) is 3. The molecular formula is C28H37F2N3O5. The summed E-state index contributed by atoms with van der Waals surface area (Å²) in [7, 11) is 1.44. The highest BCUT2D eigenvalue weighted by Crippen LogP contribution is 2.22. The van der Waals surface area contributed by atoms with Crippen LogP contribution in [0.2, 0.25) is 0 Å². The van der Waals surface area contributed by atoms with Crippen molar-refractivity contribution in [2.45, 2.75) is 25.0 Å². The Morgan fingerprint density at radius 3 is 2.37 bits per heavy atom. The molecule has 208 valence electrons. The lowest BCUT2D eigenvalue weighted by atomic mass is 10.0. The number of methoxy groups -OCH3 is 1. The molecule has 0 spiro atoms. The Labute approximate surface area is 222 Å². The smallest absolute Gasteiger partial charge is 0.248 e. The lowest BCUT2D eigenvalue weighted by Crippen LogP contribution is -2.52. The van der Waals surface area contributed by atoms with Crippen LogP contribution in [0.15, 0.2) is 42.5 Å². The number of rotatable bonds is 11. The van der Waals surface area contributed by atoms with E-state index in [0.29, 0.717) is 26.2 Å². The van der Waals surface area contributed by atoms with Crippen molar-refractivity contribution >= 4 is 5.91 Å². The number of benzene rings is 2. The highest BCUT2D eigenvalue weighted by molar-refractivity contribution is 5.77. The molecule has 2 fully saturated rings. The summed E-state index contributed by atoms with van der Waals surface area (Å²) < 4.78 is 43.5. The molecule has 2 aliphatic heterocycles. The molecule has 0 radical (unpaired) electrons. The van der Waals surface area contributed by atoms with Gasteiger partial charge in [-0.1, -0.05) is 12.1 Å². The van der Waals surface area contributed by atoms with E-state index in [0.717, 1.165) is 43.1 Å². The Balaban J connectivity index is 1.37. The zero-order valence-corrected chi connectivity index (χ0v) is 21.9. The minimum absolute atomic E-state index is 0.0270. The van der Waals surface area contributed by atoms with Gasteiger partial charge in [0.15, 0.2) is 11.6 Å². The molecular weight excluding hydrogens is 496 g/mol. The van der Waals surface area contributed by atoms with E-state index in [1.54, 1.807) is 4.90 Å². The lowest BCUT2D eigenvalue weighted by Gasteiger charge is -2.33. The lowest BCUT2D eigenvalue weighted by molar-refractivity contribution is -0.138. The monoisotopic (exact) mass is 533 g/mol. The second-order valence-corrected chi connectivity index (χ2v) is 10.1. The zero-order valence-electron chi connectivity index (χ0n) is 21.9. The van der Waals surface area contributed by atoms with Crippen molar-refractivity contribution in [3.05, 3.63) is 59.7 Å². The molecule has 0 aromatic heterocycles. The van der Waals surface area contributed by atoms with Gasteiger partial charge in [-0.25, -0.2) is 8.78 Å². The first-order chi connectivity index (χ1) is 18.3. The minimum Gasteiger partial charge on any atom is -0.492 e. The molecule has 10 heteroatoms. The predicted octanol–water partition coefficient (Wildman–Crippen LogP) is 2.54. The fourth-order valence-electron chi connectivity index (χ4n) is 4.93. The van der Waals surface area contributed by atoms with Crippen LogP contribution in [0.1, 0.15) is 18.4 Å². The van der Waals surface area contributed by atoms with Gasteiger partial charge in [-0.15, -0.1) is 0 Å². The molecule has 2 aromatic rings. The summed E-state index contributed by atoms with van der Waals surface area (Å²) in [6, 6.07) is 11.1. The van der Waals surface area contributed by atoms with Crippen LogP contribution < -0.4 is 9.47 Å². The summed E-state index contributed by atoms with van der Waals surface area (Å²) in [5.74, 6) is -1.33. The Bertz CT molecular complexity index is 1050. The molecule has 0 saturated carbocycles. The van der Waals surface area contributed by atoms with Gasteiger partial charge in [-0.05, 0) is 55.8 Å². The Morgan fingerprint density at radius 1 is 0.921 bits per heavy atom. The molecule has 2 aliphatic rings. The quantitative estimate of drug-likeness (QED) is 0.476. The normalized spacial score (nSPS) is 20.9. The van der Waals surface area contributed by atoms with Crippen LogP contribution in [0.3, 0.4) is 0 Å². The van der Waals surface area contributed by atoms with Crippen LogP contribution in [-0.2, 0) is 16.1 Å². The third kappa shape index (κ3) is 8.10. The maximum Gasteiger partial charge on any atom is 0.248 e. The second kappa shape index (κ2) is 13.3. The van der Waals surface area contributed by atoms with Gasteiger partial charge in [0.25, 0.3) is 0 Å². The van der Waals surface area contributed by atoms with Crippen molar-refractivity contribution in [3.63, 3.8) is 0 Å². The molecule has 0 unspecified atom stereocenters. The van der Waals surface area contributed by atoms with Crippen molar-refractivity contribution in [2.24, 2.45) is 0 Å². The largest absolute Gasteiger partial charge is 0.492 e. The van der Waals surface area contributed by atoms with Crippen molar-refractivity contribution < 1.29 is 32.9 Å². The minimum atomic E-state index is -1.44. The summed E-state index contributed by atoms with van der Waals surface area (Å²) in [5, 5.41) is 11.5. The Morgan fingerprint density at radius 2 is 1.66 bits per heavy atom. The summed E-state index contributed by atoms with van der Waals surface area (Å²) in [5.41, 5.74) is -0.402. The number of carbonyl (C=O) groups is 1. The number of hydrogen-bond donors (Lipinski definition) is 1. The van der Waals surface area contributed by atoms with E-state index >= 15 is 0 Å². The molecule has 38 heavy (non-hydrogen) atoms. The van der Waals surface area contributed by atoms with E-state index in [-0.39, 0.29) is 38.0 Å². The van der Waals surface area contributed by atoms with Gasteiger partial charge in [0.05, 0.1) is 6.54 Å². The SMILES string of the molecule is COCC(=O)N1CCN(Cc2ccc(OCCN3CCCC3)cc2)C[C@@](O)(COc2ccc(F)c(F)c2)C1. The predicted molar refractivity (Wildman–Crippen MR) is 138 cm³/mol. The Hall–Kier alpha value is -2.79. The molecule has 1 atom stereocenters. The summed E-state index contributed by atoms with van der Waals surface area (Å²) in [6.45, 7) is 5.32. The number of hydrogen-bond acceptors (Lipinski definition) is 7. The first-order valence-electron chi connectivity index (χ1n) is 13.1. The van der Waals surface area contributed by atoms with E-state index < -0.39 is 17.2 Å². The van der Waals surface area contributed by atoms with Crippen LogP contribution in [0.5, 0.6) is 11.5 Å². The highest BCUT2D eigenvalue weighted by Gasteiger charge is 2.37. The maximum atomic E-state index is 13.6. The second-order valence-electron chi connectivity index (χ2n) is 10.1. The van der Waals surface area contributed by atoms with E-state index in [1.807, 2.05) is 24.3 Å². The fourth-order valence-corrected chi connectivity index (χ4v) is 4.93. The van der Waals surface area contributed by atoms with Gasteiger partial charge in [0.2, 0.25) is 5.91 Å². The maximum absolute atomic E-state index is 13.6. The van der Waals surface area contributed by atoms with Gasteiger partial charge < -0.3 is 24.2 Å². The third-order valence-electron chi connectivity index (χ3n) is 6.91. The topological polar surface area (TPSA) is 74.7 Å². The molecule has 1 amide bonds. The molecule has 2 aromatic carbocycles. The van der Waals surface area contributed by atoms with E-state index in [9.17, 15) is 18.7 Å². The van der Waals surface area contributed by atoms with Crippen molar-refractivity contribution in [2.75, 3.05) is 72.7 Å². The standard InChI is InChI=1S/C28H37F2N3O5/c1-36-18-27(34)33-13-12-32(19-28(35,20-33)21-38-24-8-9-25(29)26(30)16-24)17-22-4-6-23(7-5-22)37-15-14-31-10-2-3-11-31/h4-9,16,35H,2-3,10-15,17-21H2,1H3/t28-/m0/s1. The number of β-amino-alcohol motifs (C(OH)–C–C–N with tert-alkyl or cyclic N) is 1. The molecule has 2 saturated heterocycles. The molecule has 8 nitrogen and oxygen atoms in total. The molecule has 0 aliphatic carbocycles. The zero-order chi connectivity index (χ0) is 27.0. The molecule has 4 rings (SSSR count). The highest BCUT2D eigenvalue weighted by atomic mass is 19.2. The van der Waals surface area contributed by atoms with Gasteiger partial charge >= 0.3 is 0 Å². The van der Waals surface area contributed by atoms with Crippen LogP contribution in [0.4, 0.5) is 8.78 Å². The van der Waals surface area contributed by atoms with Gasteiger partial charge in [-0.2, -0.15) is 0 Å². The number of likely N-dealkylation sites (tertiary alicyclic amines) is 1. The summed E-state index contributed by atoms with van der Waals surface area (Å²) in [6.07, 6.45) is 2.52. The fraction of sp³-hybridized carbons (Fsp3) is 0.536. The molecule has 1 N–H and O–H groups in total. The summed E-state index contributed by atoms with van der Waals surface area (Å²) >= 11 is 0. The summed E-state index contributed by atoms with van der Waals surface area (Å²) in [4.78, 5) is 18.6. The third-order valence-corrected chi connectivity index (χ3v) is 6.91.